The minimum Gasteiger partial charge on any atom is -0.481 e. The smallest absolute Gasteiger partial charge is 0.228 e. The zero-order chi connectivity index (χ0) is 15.6. The van der Waals surface area contributed by atoms with Crippen LogP contribution < -0.4 is 14.5 Å². The number of pyridine rings is 1. The van der Waals surface area contributed by atoms with Crippen molar-refractivity contribution in [2.24, 2.45) is 5.92 Å². The summed E-state index contributed by atoms with van der Waals surface area (Å²) in [5.41, 5.74) is 0. The van der Waals surface area contributed by atoms with Crippen molar-refractivity contribution in [3.63, 3.8) is 0 Å². The topological polar surface area (TPSA) is 54.4 Å². The Bertz CT molecular complexity index is 665. The largest absolute Gasteiger partial charge is 0.481 e. The van der Waals surface area contributed by atoms with Crippen molar-refractivity contribution >= 4 is 11.8 Å². The van der Waals surface area contributed by atoms with Gasteiger partial charge in [0.1, 0.15) is 5.82 Å². The highest BCUT2D eigenvalue weighted by Crippen LogP contribution is 2.35. The van der Waals surface area contributed by atoms with Crippen molar-refractivity contribution in [3.8, 4) is 5.88 Å². The van der Waals surface area contributed by atoms with Gasteiger partial charge in [-0.25, -0.2) is 9.97 Å². The highest BCUT2D eigenvalue weighted by Gasteiger charge is 2.39. The van der Waals surface area contributed by atoms with Gasteiger partial charge in [-0.1, -0.05) is 6.07 Å². The molecule has 4 heterocycles. The molecule has 0 amide bonds. The van der Waals surface area contributed by atoms with Gasteiger partial charge < -0.3 is 14.5 Å². The van der Waals surface area contributed by atoms with E-state index in [2.05, 4.69) is 30.8 Å². The summed E-state index contributed by atoms with van der Waals surface area (Å²) in [4.78, 5) is 18.2. The standard InChI is InChI=1S/C17H21N5O/c1-23-16-5-9-19-17(20-16)22-11-7-13-6-10-21(12-14(13)22)15-4-2-3-8-18-15/h2-5,8-9,13-14H,6-7,10-12H2,1H3. The van der Waals surface area contributed by atoms with Crippen LogP contribution in [0.2, 0.25) is 0 Å². The van der Waals surface area contributed by atoms with Crippen LogP contribution in [0.5, 0.6) is 5.88 Å². The van der Waals surface area contributed by atoms with E-state index in [4.69, 9.17) is 4.74 Å². The van der Waals surface area contributed by atoms with Crippen molar-refractivity contribution in [2.45, 2.75) is 18.9 Å². The maximum absolute atomic E-state index is 5.24. The third-order valence-corrected chi connectivity index (χ3v) is 4.92. The fourth-order valence-corrected chi connectivity index (χ4v) is 3.72. The summed E-state index contributed by atoms with van der Waals surface area (Å²) in [5, 5.41) is 0. The Hall–Kier alpha value is -2.37. The lowest BCUT2D eigenvalue weighted by atomic mass is 9.92. The highest BCUT2D eigenvalue weighted by molar-refractivity contribution is 5.43. The Labute approximate surface area is 136 Å². The summed E-state index contributed by atoms with van der Waals surface area (Å²) in [5.74, 6) is 3.17. The molecule has 0 aliphatic carbocycles. The number of fused-ring (bicyclic) bond motifs is 1. The number of anilines is 2. The third-order valence-electron chi connectivity index (χ3n) is 4.92. The summed E-state index contributed by atoms with van der Waals surface area (Å²) in [6.45, 7) is 3.06. The molecule has 2 saturated heterocycles. The number of nitrogens with zero attached hydrogens (tertiary/aromatic N) is 5. The van der Waals surface area contributed by atoms with Gasteiger partial charge >= 0.3 is 0 Å². The predicted octanol–water partition coefficient (Wildman–Crippen LogP) is 1.99. The number of hydrogen-bond donors (Lipinski definition) is 0. The molecule has 0 saturated carbocycles. The van der Waals surface area contributed by atoms with Gasteiger partial charge in [0.25, 0.3) is 0 Å². The zero-order valence-corrected chi connectivity index (χ0v) is 13.3. The fourth-order valence-electron chi connectivity index (χ4n) is 3.72. The van der Waals surface area contributed by atoms with Gasteiger partial charge in [0.2, 0.25) is 11.8 Å². The lowest BCUT2D eigenvalue weighted by Crippen LogP contribution is -2.49. The van der Waals surface area contributed by atoms with Crippen LogP contribution in [0.1, 0.15) is 12.8 Å². The second-order valence-electron chi connectivity index (χ2n) is 6.13. The fraction of sp³-hybridized carbons (Fsp3) is 0.471. The molecule has 6 nitrogen and oxygen atoms in total. The lowest BCUT2D eigenvalue weighted by Gasteiger charge is -2.39. The molecule has 0 aromatic carbocycles. The maximum Gasteiger partial charge on any atom is 0.228 e. The van der Waals surface area contributed by atoms with Crippen LogP contribution in [-0.2, 0) is 0 Å². The van der Waals surface area contributed by atoms with E-state index in [1.165, 1.54) is 12.8 Å². The van der Waals surface area contributed by atoms with Crippen molar-refractivity contribution < 1.29 is 4.74 Å². The quantitative estimate of drug-likeness (QED) is 0.864. The molecule has 23 heavy (non-hydrogen) atoms. The Morgan fingerprint density at radius 1 is 1.09 bits per heavy atom. The molecule has 0 spiro atoms. The molecule has 6 heteroatoms. The molecule has 2 aromatic heterocycles. The minimum atomic E-state index is 0.442. The summed E-state index contributed by atoms with van der Waals surface area (Å²) in [6.07, 6.45) is 6.04. The molecule has 2 aliphatic heterocycles. The predicted molar refractivity (Wildman–Crippen MR) is 88.9 cm³/mol. The van der Waals surface area contributed by atoms with Crippen molar-refractivity contribution in [3.05, 3.63) is 36.7 Å². The van der Waals surface area contributed by atoms with E-state index in [1.807, 2.05) is 18.3 Å². The molecule has 2 unspecified atom stereocenters. The molecule has 4 rings (SSSR count). The molecule has 0 bridgehead atoms. The Kier molecular flexibility index (Phi) is 3.73. The second kappa shape index (κ2) is 6.02. The normalized spacial score (nSPS) is 23.7. The molecule has 2 aromatic rings. The summed E-state index contributed by atoms with van der Waals surface area (Å²) < 4.78 is 5.24. The number of methoxy groups -OCH3 is 1. The minimum absolute atomic E-state index is 0.442. The summed E-state index contributed by atoms with van der Waals surface area (Å²) >= 11 is 0. The molecule has 2 atom stereocenters. The molecule has 2 aliphatic rings. The van der Waals surface area contributed by atoms with E-state index in [0.717, 1.165) is 31.4 Å². The zero-order valence-electron chi connectivity index (χ0n) is 13.3. The average molecular weight is 311 g/mol. The third kappa shape index (κ3) is 2.69. The first-order valence-corrected chi connectivity index (χ1v) is 8.15. The van der Waals surface area contributed by atoms with Gasteiger partial charge in [0.05, 0.1) is 13.2 Å². The van der Waals surface area contributed by atoms with Crippen molar-refractivity contribution in [1.82, 2.24) is 15.0 Å². The van der Waals surface area contributed by atoms with Crippen molar-refractivity contribution in [2.75, 3.05) is 36.5 Å². The average Bonchev–Trinajstić information content (AvgIpc) is 3.05. The molecule has 0 radical (unpaired) electrons. The molecule has 0 N–H and O–H groups in total. The van der Waals surface area contributed by atoms with E-state index in [9.17, 15) is 0 Å². The first-order chi connectivity index (χ1) is 11.3. The van der Waals surface area contributed by atoms with Crippen LogP contribution in [0.4, 0.5) is 11.8 Å². The first-order valence-electron chi connectivity index (χ1n) is 8.15. The first kappa shape index (κ1) is 14.2. The van der Waals surface area contributed by atoms with Gasteiger partial charge in [-0.15, -0.1) is 0 Å². The number of piperidine rings is 1. The van der Waals surface area contributed by atoms with E-state index in [-0.39, 0.29) is 0 Å². The number of aromatic nitrogens is 3. The van der Waals surface area contributed by atoms with Crippen LogP contribution >= 0.6 is 0 Å². The van der Waals surface area contributed by atoms with Gasteiger partial charge in [0.15, 0.2) is 0 Å². The number of hydrogen-bond acceptors (Lipinski definition) is 6. The molecular weight excluding hydrogens is 290 g/mol. The second-order valence-corrected chi connectivity index (χ2v) is 6.13. The van der Waals surface area contributed by atoms with Crippen LogP contribution in [-0.4, -0.2) is 47.7 Å². The van der Waals surface area contributed by atoms with Gasteiger partial charge in [-0.3, -0.25) is 0 Å². The highest BCUT2D eigenvalue weighted by atomic mass is 16.5. The number of ether oxygens (including phenoxy) is 1. The van der Waals surface area contributed by atoms with Crippen LogP contribution in [0.25, 0.3) is 0 Å². The van der Waals surface area contributed by atoms with E-state index in [0.29, 0.717) is 17.8 Å². The Morgan fingerprint density at radius 3 is 2.83 bits per heavy atom. The van der Waals surface area contributed by atoms with Gasteiger partial charge in [-0.2, -0.15) is 4.98 Å². The van der Waals surface area contributed by atoms with E-state index in [1.54, 1.807) is 19.4 Å². The SMILES string of the molecule is COc1ccnc(N2CCC3CCN(c4ccccn4)CC32)n1. The summed E-state index contributed by atoms with van der Waals surface area (Å²) in [6, 6.07) is 8.33. The monoisotopic (exact) mass is 311 g/mol. The van der Waals surface area contributed by atoms with Crippen molar-refractivity contribution in [1.29, 1.82) is 0 Å². The maximum atomic E-state index is 5.24. The molecular formula is C17H21N5O. The van der Waals surface area contributed by atoms with E-state index < -0.39 is 0 Å². The Balaban J connectivity index is 1.56. The number of rotatable bonds is 3. The summed E-state index contributed by atoms with van der Waals surface area (Å²) in [7, 11) is 1.64. The van der Waals surface area contributed by atoms with Crippen LogP contribution in [0.15, 0.2) is 36.7 Å². The van der Waals surface area contributed by atoms with Crippen LogP contribution in [0.3, 0.4) is 0 Å². The van der Waals surface area contributed by atoms with Crippen LogP contribution in [0, 0.1) is 5.92 Å². The van der Waals surface area contributed by atoms with E-state index >= 15 is 0 Å². The molecule has 120 valence electrons. The van der Waals surface area contributed by atoms with Gasteiger partial charge in [-0.05, 0) is 30.9 Å². The molecule has 2 fully saturated rings. The lowest BCUT2D eigenvalue weighted by molar-refractivity contribution is 0.383. The Morgan fingerprint density at radius 2 is 2.00 bits per heavy atom. The van der Waals surface area contributed by atoms with Gasteiger partial charge in [0, 0.05) is 38.1 Å².